The summed E-state index contributed by atoms with van der Waals surface area (Å²) in [5, 5.41) is 59.1. The van der Waals surface area contributed by atoms with Gasteiger partial charge in [0, 0.05) is 65.9 Å². The topological polar surface area (TPSA) is 469 Å². The number of carbonyl (C=O) groups is 8. The van der Waals surface area contributed by atoms with Crippen LogP contribution in [0.3, 0.4) is 0 Å². The van der Waals surface area contributed by atoms with Crippen molar-refractivity contribution in [2.24, 2.45) is 22.9 Å². The molecule has 27 nitrogen and oxygen atoms in total. The number of carbonyl (C=O) groups excluding carboxylic acids is 7. The molecule has 428 valence electrons. The third-order valence-corrected chi connectivity index (χ3v) is 13.3. The summed E-state index contributed by atoms with van der Waals surface area (Å²) in [6.07, 6.45) is 1.82. The van der Waals surface area contributed by atoms with Crippen LogP contribution in [0.15, 0.2) is 60.8 Å². The number of guanidine groups is 3. The third-order valence-electron chi connectivity index (χ3n) is 11.9. The molecule has 1 heterocycles. The number of fused-ring (bicyclic) bond motifs is 1. The number of aromatic nitrogens is 1. The Morgan fingerprint density at radius 2 is 1.13 bits per heavy atom. The summed E-state index contributed by atoms with van der Waals surface area (Å²) < 4.78 is 0. The molecule has 0 fully saturated rings. The molecule has 7 amide bonds. The van der Waals surface area contributed by atoms with Crippen LogP contribution < -0.4 is 76.1 Å². The first-order chi connectivity index (χ1) is 36.8. The Kier molecular flexibility index (Phi) is 27.0. The summed E-state index contributed by atoms with van der Waals surface area (Å²) >= 11 is 11.8. The molecule has 0 bridgehead atoms. The Labute approximate surface area is 470 Å². The van der Waals surface area contributed by atoms with Crippen LogP contribution >= 0.6 is 41.2 Å². The molecule has 0 saturated carbocycles. The summed E-state index contributed by atoms with van der Waals surface area (Å²) in [7, 11) is 0. The molecular weight excluding hydrogens is 1120 g/mol. The number of aromatic amines is 1. The van der Waals surface area contributed by atoms with Gasteiger partial charge in [0.15, 0.2) is 17.9 Å². The first-order valence-corrected chi connectivity index (χ1v) is 26.8. The van der Waals surface area contributed by atoms with Crippen LogP contribution in [0.4, 0.5) is 0 Å². The predicted molar refractivity (Wildman–Crippen MR) is 305 cm³/mol. The SMILES string of the molecule is CC(C)(NC(=O)[C@H](CS)NC(=O)[C@@H](N)CCCNC(=N)N)C(=O)N[C@@H](CCCNC(=N)N)C(=O)N[C@H](Cc1ccccc1)C(=O)N[C@@H](CC(Br)CNC(=N)N)C(=O)N[C@H](Cc1c[nH]c2ccccc12)C(=O)N[C@@H](CS)C(=O)O. The summed E-state index contributed by atoms with van der Waals surface area (Å²) in [4.78, 5) is 113. The Morgan fingerprint density at radius 3 is 1.71 bits per heavy atom. The zero-order chi connectivity index (χ0) is 58.1. The number of H-pyrrole nitrogens is 1. The van der Waals surface area contributed by atoms with Gasteiger partial charge in [0.25, 0.3) is 0 Å². The molecule has 0 radical (unpaired) electrons. The van der Waals surface area contributed by atoms with Crippen LogP contribution in [0.25, 0.3) is 10.9 Å². The highest BCUT2D eigenvalue weighted by atomic mass is 79.9. The number of amides is 7. The monoisotopic (exact) mass is 1190 g/mol. The molecule has 0 aliphatic heterocycles. The maximum Gasteiger partial charge on any atom is 0.327 e. The van der Waals surface area contributed by atoms with E-state index in [2.05, 4.69) is 99.3 Å². The maximum atomic E-state index is 14.7. The Hall–Kier alpha value is -7.31. The minimum atomic E-state index is -1.74. The number of carboxylic acids is 1. The van der Waals surface area contributed by atoms with E-state index in [-0.39, 0.29) is 87.5 Å². The van der Waals surface area contributed by atoms with Crippen molar-refractivity contribution in [2.45, 2.75) is 111 Å². The van der Waals surface area contributed by atoms with Crippen molar-refractivity contribution in [3.05, 3.63) is 71.9 Å². The van der Waals surface area contributed by atoms with Crippen LogP contribution in [-0.4, -0.2) is 159 Å². The van der Waals surface area contributed by atoms with Crippen molar-refractivity contribution in [1.82, 2.24) is 58.2 Å². The van der Waals surface area contributed by atoms with Crippen LogP contribution in [0, 0.1) is 16.2 Å². The van der Waals surface area contributed by atoms with E-state index in [0.29, 0.717) is 17.5 Å². The lowest BCUT2D eigenvalue weighted by Gasteiger charge is -2.31. The van der Waals surface area contributed by atoms with Gasteiger partial charge in [-0.25, -0.2) is 4.79 Å². The van der Waals surface area contributed by atoms with E-state index in [0.717, 1.165) is 10.9 Å². The van der Waals surface area contributed by atoms with Crippen molar-refractivity contribution < 1.29 is 43.5 Å². The summed E-state index contributed by atoms with van der Waals surface area (Å²) in [5.41, 5.74) is 22.5. The first-order valence-electron chi connectivity index (χ1n) is 24.7. The molecule has 3 aromatic rings. The fraction of sp³-hybridized carbons (Fsp3) is 0.479. The number of halogens is 1. The third kappa shape index (κ3) is 22.3. The van der Waals surface area contributed by atoms with Crippen molar-refractivity contribution >= 4 is 117 Å². The largest absolute Gasteiger partial charge is 0.480 e. The Bertz CT molecular complexity index is 2580. The summed E-state index contributed by atoms with van der Waals surface area (Å²) in [5.74, 6) is -8.63. The molecule has 30 heteroatoms. The zero-order valence-electron chi connectivity index (χ0n) is 43.2. The molecule has 1 aromatic heterocycles. The molecule has 0 spiro atoms. The number of nitrogens with two attached hydrogens (primary N) is 4. The second-order valence-corrected chi connectivity index (χ2v) is 20.6. The number of rotatable bonds is 33. The number of alkyl halides is 1. The van der Waals surface area contributed by atoms with Gasteiger partial charge in [0.2, 0.25) is 41.4 Å². The van der Waals surface area contributed by atoms with Crippen LogP contribution in [0.2, 0.25) is 0 Å². The minimum Gasteiger partial charge on any atom is -0.480 e. The molecular formula is C48H73BrN18O9S2. The van der Waals surface area contributed by atoms with Crippen molar-refractivity contribution in [1.29, 1.82) is 16.2 Å². The second kappa shape index (κ2) is 32.4. The maximum absolute atomic E-state index is 14.7. The van der Waals surface area contributed by atoms with E-state index < -0.39 is 100.0 Å². The number of aliphatic carboxylic acids is 1. The van der Waals surface area contributed by atoms with Crippen LogP contribution in [-0.2, 0) is 51.2 Å². The van der Waals surface area contributed by atoms with Crippen molar-refractivity contribution in [2.75, 3.05) is 31.1 Å². The van der Waals surface area contributed by atoms with Gasteiger partial charge in [0.1, 0.15) is 41.8 Å². The van der Waals surface area contributed by atoms with Crippen molar-refractivity contribution in [3.63, 3.8) is 0 Å². The number of thiol groups is 2. The molecule has 8 atom stereocenters. The molecule has 0 aliphatic carbocycles. The fourth-order valence-corrected chi connectivity index (χ4v) is 8.63. The zero-order valence-corrected chi connectivity index (χ0v) is 46.5. The lowest BCUT2D eigenvalue weighted by molar-refractivity contribution is -0.141. The molecule has 3 rings (SSSR count). The Morgan fingerprint density at radius 1 is 0.628 bits per heavy atom. The smallest absolute Gasteiger partial charge is 0.327 e. The minimum absolute atomic E-state index is 0.00243. The van der Waals surface area contributed by atoms with E-state index in [1.165, 1.54) is 13.8 Å². The van der Waals surface area contributed by atoms with E-state index in [4.69, 9.17) is 39.2 Å². The highest BCUT2D eigenvalue weighted by molar-refractivity contribution is 9.09. The highest BCUT2D eigenvalue weighted by Gasteiger charge is 2.37. The van der Waals surface area contributed by atoms with Gasteiger partial charge >= 0.3 is 5.97 Å². The van der Waals surface area contributed by atoms with Gasteiger partial charge < -0.3 is 86.2 Å². The van der Waals surface area contributed by atoms with Gasteiger partial charge in [0.05, 0.1) is 6.04 Å². The normalized spacial score (nSPS) is 14.2. The molecule has 78 heavy (non-hydrogen) atoms. The van der Waals surface area contributed by atoms with Gasteiger partial charge in [-0.3, -0.25) is 49.8 Å². The van der Waals surface area contributed by atoms with Gasteiger partial charge in [-0.2, -0.15) is 25.3 Å². The lowest BCUT2D eigenvalue weighted by atomic mass is 10.0. The molecule has 0 aliphatic rings. The fourth-order valence-electron chi connectivity index (χ4n) is 7.59. The lowest BCUT2D eigenvalue weighted by Crippen LogP contribution is -2.63. The summed E-state index contributed by atoms with van der Waals surface area (Å²) in [6.45, 7) is 3.10. The van der Waals surface area contributed by atoms with E-state index in [9.17, 15) is 43.5 Å². The number of hydrogen-bond acceptors (Lipinski definition) is 14. The number of hydrogen-bond donors (Lipinski definition) is 21. The van der Waals surface area contributed by atoms with Gasteiger partial charge in [-0.15, -0.1) is 0 Å². The van der Waals surface area contributed by atoms with Crippen molar-refractivity contribution in [3.8, 4) is 0 Å². The first kappa shape index (κ1) is 65.0. The van der Waals surface area contributed by atoms with E-state index in [1.54, 1.807) is 54.7 Å². The molecule has 0 saturated heterocycles. The highest BCUT2D eigenvalue weighted by Crippen LogP contribution is 2.20. The van der Waals surface area contributed by atoms with Gasteiger partial charge in [-0.05, 0) is 63.1 Å². The number of carboxylic acid groups (broad SMARTS) is 1. The van der Waals surface area contributed by atoms with Crippen LogP contribution in [0.5, 0.6) is 0 Å². The standard InChI is InChI=1S/C48H73BrN18O9S2/c1-48(2,67-42(73)35(23-77)64-37(68)29(50)13-8-16-57-45(51)52)44(76)66-31(15-9-17-58-46(53)54)38(69)61-32(18-25-10-4-3-5-11-25)39(70)63-34(20-27(49)22-60-47(55)56)41(72)62-33(40(71)65-36(24-78)43(74)75)19-26-21-59-30-14-7-6-12-28(26)30/h3-7,10-12,14,21,27,29,31-36,59,77-78H,8-9,13,15-20,22-24,50H2,1-2H3,(H,61,69)(H,62,72)(H,63,70)(H,64,68)(H,65,71)(H,66,76)(H,67,73)(H,74,75)(H4,51,52,57)(H4,53,54,58)(H4,55,56,60)/t27?,29-,31-,32+,33+,34-,35-,36-/m0/s1. The Balaban J connectivity index is 1.96. The molecule has 23 N–H and O–H groups in total. The van der Waals surface area contributed by atoms with E-state index in [1.807, 2.05) is 6.07 Å². The molecule has 2 aromatic carbocycles. The predicted octanol–water partition coefficient (Wildman–Crippen LogP) is -2.81. The average Bonchev–Trinajstić information content (AvgIpc) is 3.81. The number of para-hydroxylation sites is 1. The van der Waals surface area contributed by atoms with Gasteiger partial charge in [-0.1, -0.05) is 64.5 Å². The second-order valence-electron chi connectivity index (χ2n) is 18.6. The average molecular weight is 1190 g/mol. The summed E-state index contributed by atoms with van der Waals surface area (Å²) in [6, 6.07) is 6.31. The molecule has 1 unspecified atom stereocenters. The number of nitrogens with one attached hydrogen (secondary N) is 14. The van der Waals surface area contributed by atoms with E-state index >= 15 is 0 Å². The van der Waals surface area contributed by atoms with Crippen LogP contribution in [0.1, 0.15) is 57.1 Å². The quantitative estimate of drug-likeness (QED) is 0.00962. The number of benzene rings is 2.